The molecule has 0 amide bonds. The normalized spacial score (nSPS) is 23.8. The minimum Gasteiger partial charge on any atom is -0.377 e. The Labute approximate surface area is 82.3 Å². The Morgan fingerprint density at radius 2 is 2.17 bits per heavy atom. The molecule has 1 nitrogen and oxygen atoms in total. The fourth-order valence-electron chi connectivity index (χ4n) is 2.00. The van der Waals surface area contributed by atoms with E-state index in [0.717, 1.165) is 6.42 Å². The molecule has 12 heavy (non-hydrogen) atoms. The van der Waals surface area contributed by atoms with Gasteiger partial charge in [-0.15, -0.1) is 0 Å². The van der Waals surface area contributed by atoms with Gasteiger partial charge in [-0.2, -0.15) is 0 Å². The summed E-state index contributed by atoms with van der Waals surface area (Å²) in [5, 5.41) is 0. The summed E-state index contributed by atoms with van der Waals surface area (Å²) in [6.45, 7) is 1.23. The molecule has 2 aliphatic rings. The van der Waals surface area contributed by atoms with Crippen LogP contribution in [0.3, 0.4) is 0 Å². The lowest BCUT2D eigenvalue weighted by atomic mass is 10.1. The van der Waals surface area contributed by atoms with Crippen molar-refractivity contribution in [1.82, 2.24) is 4.90 Å². The van der Waals surface area contributed by atoms with E-state index < -0.39 is 0 Å². The molecule has 0 bridgehead atoms. The highest BCUT2D eigenvalue weighted by Crippen LogP contribution is 2.33. The predicted octanol–water partition coefficient (Wildman–Crippen LogP) is 3.04. The summed E-state index contributed by atoms with van der Waals surface area (Å²) in [4.78, 5) is 2.40. The molecule has 0 spiro atoms. The molecule has 0 aromatic carbocycles. The zero-order chi connectivity index (χ0) is 8.55. The highest BCUT2D eigenvalue weighted by Gasteiger charge is 2.19. The van der Waals surface area contributed by atoms with Crippen LogP contribution in [0.4, 0.5) is 0 Å². The Kier molecular flexibility index (Phi) is 2.26. The van der Waals surface area contributed by atoms with Gasteiger partial charge in [-0.3, -0.25) is 0 Å². The lowest BCUT2D eigenvalue weighted by molar-refractivity contribution is 0.451. The molecule has 0 aromatic rings. The number of hydrogen-bond acceptors (Lipinski definition) is 1. The van der Waals surface area contributed by atoms with E-state index in [-0.39, 0.29) is 0 Å². The summed E-state index contributed by atoms with van der Waals surface area (Å²) in [6, 6.07) is 0. The summed E-state index contributed by atoms with van der Waals surface area (Å²) in [5.74, 6) is 0. The van der Waals surface area contributed by atoms with Crippen molar-refractivity contribution in [1.29, 1.82) is 0 Å². The van der Waals surface area contributed by atoms with Crippen molar-refractivity contribution in [2.24, 2.45) is 0 Å². The van der Waals surface area contributed by atoms with Crippen LogP contribution in [0.1, 0.15) is 25.7 Å². The molecule has 0 aromatic heterocycles. The Bertz CT molecular complexity index is 253. The maximum atomic E-state index is 3.58. The maximum absolute atomic E-state index is 3.58. The van der Waals surface area contributed by atoms with Gasteiger partial charge in [-0.05, 0) is 29.3 Å². The molecule has 0 N–H and O–H groups in total. The van der Waals surface area contributed by atoms with E-state index >= 15 is 0 Å². The Morgan fingerprint density at radius 3 is 3.00 bits per heavy atom. The average Bonchev–Trinajstić information content (AvgIpc) is 2.28. The Balaban J connectivity index is 2.20. The number of nitrogens with zero attached hydrogens (tertiary/aromatic N) is 1. The monoisotopic (exact) mass is 227 g/mol. The first-order valence-corrected chi connectivity index (χ1v) is 5.33. The molecule has 0 saturated carbocycles. The molecule has 2 rings (SSSR count). The number of hydrogen-bond donors (Lipinski definition) is 0. The Hall–Kier alpha value is -0.240. The van der Waals surface area contributed by atoms with Gasteiger partial charge in [0.1, 0.15) is 0 Å². The average molecular weight is 228 g/mol. The van der Waals surface area contributed by atoms with Crippen molar-refractivity contribution in [3.8, 4) is 0 Å². The fourth-order valence-corrected chi connectivity index (χ4v) is 2.36. The largest absolute Gasteiger partial charge is 0.377 e. The van der Waals surface area contributed by atoms with Gasteiger partial charge in [0.2, 0.25) is 0 Å². The van der Waals surface area contributed by atoms with E-state index in [4.69, 9.17) is 0 Å². The van der Waals surface area contributed by atoms with Crippen molar-refractivity contribution in [3.63, 3.8) is 0 Å². The first kappa shape index (κ1) is 8.36. The molecule has 66 valence electrons. The van der Waals surface area contributed by atoms with Gasteiger partial charge in [0.25, 0.3) is 0 Å². The van der Waals surface area contributed by atoms with Gasteiger partial charge >= 0.3 is 0 Å². The highest BCUT2D eigenvalue weighted by molar-refractivity contribution is 9.11. The second kappa shape index (κ2) is 3.25. The maximum Gasteiger partial charge on any atom is 0.0209 e. The van der Waals surface area contributed by atoms with Gasteiger partial charge in [0, 0.05) is 25.7 Å². The second-order valence-electron chi connectivity index (χ2n) is 3.58. The molecule has 0 fully saturated rings. The first-order valence-electron chi connectivity index (χ1n) is 4.54. The molecule has 1 aliphatic carbocycles. The van der Waals surface area contributed by atoms with E-state index in [9.17, 15) is 0 Å². The lowest BCUT2D eigenvalue weighted by Crippen LogP contribution is -2.12. The molecular weight excluding hydrogens is 214 g/mol. The van der Waals surface area contributed by atoms with Crippen molar-refractivity contribution < 1.29 is 0 Å². The van der Waals surface area contributed by atoms with Gasteiger partial charge in [0.05, 0.1) is 0 Å². The first-order chi connectivity index (χ1) is 5.77. The summed E-state index contributed by atoms with van der Waals surface area (Å²) in [5.41, 5.74) is 3.26. The highest BCUT2D eigenvalue weighted by atomic mass is 79.9. The van der Waals surface area contributed by atoms with Gasteiger partial charge in [-0.25, -0.2) is 0 Å². The van der Waals surface area contributed by atoms with Crippen molar-refractivity contribution >= 4 is 15.9 Å². The molecule has 0 unspecified atom stereocenters. The van der Waals surface area contributed by atoms with E-state index in [1.54, 1.807) is 11.3 Å². The smallest absolute Gasteiger partial charge is 0.0209 e. The van der Waals surface area contributed by atoms with Crippen molar-refractivity contribution in [3.05, 3.63) is 21.8 Å². The quantitative estimate of drug-likeness (QED) is 0.616. The molecule has 1 aliphatic heterocycles. The van der Waals surface area contributed by atoms with Gasteiger partial charge in [0.15, 0.2) is 0 Å². The van der Waals surface area contributed by atoms with E-state index in [1.807, 2.05) is 0 Å². The third-order valence-corrected chi connectivity index (χ3v) is 3.52. The molecule has 0 atom stereocenters. The van der Waals surface area contributed by atoms with E-state index in [2.05, 4.69) is 34.0 Å². The van der Waals surface area contributed by atoms with Crippen LogP contribution in [0.15, 0.2) is 21.8 Å². The minimum absolute atomic E-state index is 1.13. The lowest BCUT2D eigenvalue weighted by Gasteiger charge is -2.14. The van der Waals surface area contributed by atoms with Crippen LogP contribution in [0.5, 0.6) is 0 Å². The van der Waals surface area contributed by atoms with Crippen LogP contribution in [-0.2, 0) is 0 Å². The summed E-state index contributed by atoms with van der Waals surface area (Å²) < 4.78 is 1.38. The topological polar surface area (TPSA) is 3.24 Å². The minimum atomic E-state index is 1.13. The fraction of sp³-hybridized carbons (Fsp3) is 0.600. The summed E-state index contributed by atoms with van der Waals surface area (Å²) in [6.07, 6.45) is 7.19. The third kappa shape index (κ3) is 1.45. The van der Waals surface area contributed by atoms with Crippen LogP contribution in [0.2, 0.25) is 0 Å². The summed E-state index contributed by atoms with van der Waals surface area (Å²) in [7, 11) is 2.20. The van der Waals surface area contributed by atoms with Crippen LogP contribution in [-0.4, -0.2) is 18.5 Å². The second-order valence-corrected chi connectivity index (χ2v) is 4.60. The van der Waals surface area contributed by atoms with Gasteiger partial charge < -0.3 is 4.90 Å². The van der Waals surface area contributed by atoms with Crippen LogP contribution in [0, 0.1) is 0 Å². The molecule has 2 heteroatoms. The predicted molar refractivity (Wildman–Crippen MR) is 55.1 cm³/mol. The SMILES string of the molecule is CN1CCC2=C1CC=C(Br)CC2. The van der Waals surface area contributed by atoms with Crippen LogP contribution >= 0.6 is 15.9 Å². The standard InChI is InChI=1S/C10H14BrN/c1-12-7-6-8-2-3-9(11)4-5-10(8)12/h4H,2-3,5-7H2,1H3. The zero-order valence-electron chi connectivity index (χ0n) is 7.44. The molecule has 1 heterocycles. The zero-order valence-corrected chi connectivity index (χ0v) is 9.02. The van der Waals surface area contributed by atoms with E-state index in [0.29, 0.717) is 0 Å². The molecular formula is C10H14BrN. The summed E-state index contributed by atoms with van der Waals surface area (Å²) >= 11 is 3.58. The van der Waals surface area contributed by atoms with Gasteiger partial charge in [-0.1, -0.05) is 22.0 Å². The molecule has 0 radical (unpaired) electrons. The van der Waals surface area contributed by atoms with Crippen molar-refractivity contribution in [2.75, 3.05) is 13.6 Å². The van der Waals surface area contributed by atoms with Crippen molar-refractivity contribution in [2.45, 2.75) is 25.7 Å². The molecule has 0 saturated heterocycles. The van der Waals surface area contributed by atoms with Crippen LogP contribution < -0.4 is 0 Å². The Morgan fingerprint density at radius 1 is 1.33 bits per heavy atom. The third-order valence-electron chi connectivity index (χ3n) is 2.80. The number of halogens is 1. The number of allylic oxidation sites excluding steroid dienone is 2. The van der Waals surface area contributed by atoms with E-state index in [1.165, 1.54) is 30.3 Å². The van der Waals surface area contributed by atoms with Crippen LogP contribution in [0.25, 0.3) is 0 Å². The number of rotatable bonds is 0.